The molecule has 238 valence electrons. The van der Waals surface area contributed by atoms with Crippen LogP contribution in [0.4, 0.5) is 0 Å². The van der Waals surface area contributed by atoms with Crippen LogP contribution in [0.2, 0.25) is 0 Å². The van der Waals surface area contributed by atoms with Crippen molar-refractivity contribution in [3.63, 3.8) is 0 Å². The number of carbonyl (C=O) groups excluding carboxylic acids is 2. The predicted octanol–water partition coefficient (Wildman–Crippen LogP) is 3.57. The minimum Gasteiger partial charge on any atom is -0.490 e. The lowest BCUT2D eigenvalue weighted by atomic mass is 9.53. The molecular weight excluding hydrogens is 574 g/mol. The van der Waals surface area contributed by atoms with Gasteiger partial charge in [-0.25, -0.2) is 0 Å². The number of nitrogens with two attached hydrogens (primary N) is 1. The summed E-state index contributed by atoms with van der Waals surface area (Å²) in [6.07, 6.45) is 10.8. The van der Waals surface area contributed by atoms with Crippen LogP contribution in [-0.2, 0) is 15.1 Å². The topological polar surface area (TPSA) is 180 Å². The first-order valence-electron chi connectivity index (χ1n) is 15.0. The predicted molar refractivity (Wildman–Crippen MR) is 169 cm³/mol. The molecule has 1 aromatic heterocycles. The Kier molecular flexibility index (Phi) is 8.61. The van der Waals surface area contributed by atoms with E-state index in [1.54, 1.807) is 76.5 Å². The van der Waals surface area contributed by atoms with Gasteiger partial charge in [-0.3, -0.25) is 14.6 Å². The molecular formula is C34H41N5O6. The molecule has 2 saturated carbocycles. The monoisotopic (exact) mass is 615 g/mol. The molecule has 2 fully saturated rings. The Hall–Kier alpha value is -4.48. The van der Waals surface area contributed by atoms with Crippen molar-refractivity contribution in [2.75, 3.05) is 6.61 Å². The summed E-state index contributed by atoms with van der Waals surface area (Å²) in [7, 11) is 0. The van der Waals surface area contributed by atoms with Gasteiger partial charge in [-0.15, -0.1) is 0 Å². The fourth-order valence-electron chi connectivity index (χ4n) is 5.98. The normalized spacial score (nSPS) is 23.6. The number of aromatic nitrogens is 1. The van der Waals surface area contributed by atoms with E-state index in [1.165, 1.54) is 0 Å². The van der Waals surface area contributed by atoms with Gasteiger partial charge in [0.15, 0.2) is 0 Å². The molecule has 0 atom stereocenters. The highest BCUT2D eigenvalue weighted by atomic mass is 16.5. The first-order valence-corrected chi connectivity index (χ1v) is 15.0. The Morgan fingerprint density at radius 3 is 2.38 bits per heavy atom. The number of rotatable bonds is 11. The highest BCUT2D eigenvalue weighted by molar-refractivity contribution is 6.12. The number of hydrogen-bond donors (Lipinski definition) is 6. The number of amides is 2. The van der Waals surface area contributed by atoms with Gasteiger partial charge >= 0.3 is 0 Å². The molecule has 0 radical (unpaired) electrons. The van der Waals surface area contributed by atoms with Gasteiger partial charge in [0.05, 0.1) is 34.2 Å². The van der Waals surface area contributed by atoms with Gasteiger partial charge in [-0.2, -0.15) is 0 Å². The van der Waals surface area contributed by atoms with E-state index in [2.05, 4.69) is 15.6 Å². The Balaban J connectivity index is 1.15. The number of dihydropyridines is 1. The van der Waals surface area contributed by atoms with Gasteiger partial charge in [0, 0.05) is 30.2 Å². The molecule has 0 unspecified atom stereocenters. The summed E-state index contributed by atoms with van der Waals surface area (Å²) in [5.41, 5.74) is 6.89. The van der Waals surface area contributed by atoms with Gasteiger partial charge < -0.3 is 41.5 Å². The third-order valence-corrected chi connectivity index (χ3v) is 8.34. The average Bonchev–Trinajstić information content (AvgIpc) is 2.94. The number of aliphatic hydroxyl groups is 2. The number of benzene rings is 1. The summed E-state index contributed by atoms with van der Waals surface area (Å²) in [6, 6.07) is 8.89. The van der Waals surface area contributed by atoms with Crippen LogP contribution >= 0.6 is 0 Å². The second-order valence-electron chi connectivity index (χ2n) is 13.4. The van der Waals surface area contributed by atoms with Gasteiger partial charge in [-0.05, 0) is 94.7 Å². The number of carbonyl (C=O) groups is 2. The van der Waals surface area contributed by atoms with Crippen molar-refractivity contribution in [2.24, 2.45) is 11.1 Å². The van der Waals surface area contributed by atoms with E-state index in [-0.39, 0.29) is 35.6 Å². The van der Waals surface area contributed by atoms with Crippen molar-refractivity contribution in [3.05, 3.63) is 83.2 Å². The molecule has 1 spiro atoms. The Morgan fingerprint density at radius 1 is 1.11 bits per heavy atom. The Bertz CT molecular complexity index is 1570. The maximum Gasteiger partial charge on any atom is 0.255 e. The summed E-state index contributed by atoms with van der Waals surface area (Å²) < 4.78 is 11.8. The van der Waals surface area contributed by atoms with Crippen LogP contribution in [0.5, 0.6) is 5.75 Å². The van der Waals surface area contributed by atoms with E-state index < -0.39 is 17.1 Å². The Morgan fingerprint density at radius 2 is 1.82 bits per heavy atom. The Labute approximate surface area is 262 Å². The molecule has 0 bridgehead atoms. The van der Waals surface area contributed by atoms with Crippen molar-refractivity contribution in [1.82, 2.24) is 15.6 Å². The molecule has 11 nitrogen and oxygen atoms in total. The maximum absolute atomic E-state index is 13.0. The van der Waals surface area contributed by atoms with Gasteiger partial charge in [0.2, 0.25) is 0 Å². The number of nitrogens with zero attached hydrogens (tertiary/aromatic N) is 1. The van der Waals surface area contributed by atoms with E-state index in [9.17, 15) is 19.8 Å². The SMILES string of the molecule is CC(C)(O)COC1=CN/C(=C(\C=N)C(=O)NC2CC3(C2)CC(Oc2cc(-c4ccc(C(C)(C)O)nc4)ccc2C(N)=O)C3)C=C1. The van der Waals surface area contributed by atoms with Crippen molar-refractivity contribution in [2.45, 2.75) is 76.7 Å². The zero-order chi connectivity index (χ0) is 32.6. The highest BCUT2D eigenvalue weighted by Gasteiger charge is 2.54. The van der Waals surface area contributed by atoms with Crippen LogP contribution < -0.4 is 21.1 Å². The molecule has 1 aromatic carbocycles. The number of pyridine rings is 1. The molecule has 2 amide bonds. The number of nitrogens with one attached hydrogen (secondary N) is 3. The van der Waals surface area contributed by atoms with Crippen molar-refractivity contribution < 1.29 is 29.3 Å². The van der Waals surface area contributed by atoms with Crippen molar-refractivity contribution in [3.8, 4) is 16.9 Å². The standard InChI is InChI=1S/C34H41N5O6/c1-32(2,42)19-44-23-7-9-27(37-18-23)26(16-35)31(41)39-22-12-34(13-22)14-24(15-34)45-28-11-20(5-8-25(28)30(36)40)21-6-10-29(38-17-21)33(3,4)43/h5-11,16-18,22,24,35,37,42-43H,12-15,19H2,1-4H3,(H2,36,40)(H,39,41)/b27-26+,35-16?. The lowest BCUT2D eigenvalue weighted by Crippen LogP contribution is -2.59. The third kappa shape index (κ3) is 7.43. The molecule has 11 heteroatoms. The fraction of sp³-hybridized carbons (Fsp3) is 0.412. The molecule has 7 N–H and O–H groups in total. The number of hydrogen-bond acceptors (Lipinski definition) is 9. The van der Waals surface area contributed by atoms with Crippen LogP contribution in [0.15, 0.2) is 71.9 Å². The number of primary amides is 1. The second kappa shape index (κ2) is 12.1. The number of allylic oxidation sites excluding steroid dienone is 2. The van der Waals surface area contributed by atoms with Crippen LogP contribution in [0, 0.1) is 10.8 Å². The largest absolute Gasteiger partial charge is 0.490 e. The molecule has 2 heterocycles. The molecule has 3 aliphatic rings. The second-order valence-corrected chi connectivity index (χ2v) is 13.4. The minimum atomic E-state index is -1.05. The van der Waals surface area contributed by atoms with Crippen LogP contribution in [-0.4, -0.2) is 57.6 Å². The number of ether oxygens (including phenoxy) is 2. The van der Waals surface area contributed by atoms with Gasteiger partial charge in [0.1, 0.15) is 23.7 Å². The molecule has 2 aliphatic carbocycles. The van der Waals surface area contributed by atoms with Crippen molar-refractivity contribution >= 4 is 18.0 Å². The van der Waals surface area contributed by atoms with Crippen LogP contribution in [0.3, 0.4) is 0 Å². The van der Waals surface area contributed by atoms with E-state index in [0.29, 0.717) is 28.5 Å². The average molecular weight is 616 g/mol. The van der Waals surface area contributed by atoms with Crippen molar-refractivity contribution in [1.29, 1.82) is 5.41 Å². The summed E-state index contributed by atoms with van der Waals surface area (Å²) in [4.78, 5) is 29.5. The highest BCUT2D eigenvalue weighted by Crippen LogP contribution is 2.57. The summed E-state index contributed by atoms with van der Waals surface area (Å²) in [6.45, 7) is 6.77. The molecule has 45 heavy (non-hydrogen) atoms. The van der Waals surface area contributed by atoms with E-state index >= 15 is 0 Å². The van der Waals surface area contributed by atoms with E-state index in [0.717, 1.165) is 43.0 Å². The molecule has 2 aromatic rings. The molecule has 1 aliphatic heterocycles. The van der Waals surface area contributed by atoms with E-state index in [1.807, 2.05) is 6.07 Å². The van der Waals surface area contributed by atoms with E-state index in [4.69, 9.17) is 20.6 Å². The summed E-state index contributed by atoms with van der Waals surface area (Å²) in [5.74, 6) is 0.0417. The summed E-state index contributed by atoms with van der Waals surface area (Å²) in [5, 5.41) is 33.9. The first-order chi connectivity index (χ1) is 21.1. The summed E-state index contributed by atoms with van der Waals surface area (Å²) >= 11 is 0. The minimum absolute atomic E-state index is 0.00771. The fourth-order valence-corrected chi connectivity index (χ4v) is 5.98. The zero-order valence-electron chi connectivity index (χ0n) is 26.0. The zero-order valence-corrected chi connectivity index (χ0v) is 26.0. The molecule has 0 saturated heterocycles. The van der Waals surface area contributed by atoms with Gasteiger partial charge in [0.25, 0.3) is 11.8 Å². The third-order valence-electron chi connectivity index (χ3n) is 8.34. The first kappa shape index (κ1) is 31.9. The van der Waals surface area contributed by atoms with Crippen LogP contribution in [0.25, 0.3) is 11.1 Å². The smallest absolute Gasteiger partial charge is 0.255 e. The molecule has 5 rings (SSSR count). The lowest BCUT2D eigenvalue weighted by Gasteiger charge is -2.57. The maximum atomic E-state index is 13.0. The lowest BCUT2D eigenvalue weighted by molar-refractivity contribution is -0.123. The quantitative estimate of drug-likeness (QED) is 0.164. The van der Waals surface area contributed by atoms with Crippen LogP contribution in [0.1, 0.15) is 69.4 Å². The van der Waals surface area contributed by atoms with Gasteiger partial charge in [-0.1, -0.05) is 12.1 Å².